The van der Waals surface area contributed by atoms with Crippen molar-refractivity contribution in [2.45, 2.75) is 0 Å². The largest absolute Gasteiger partial charge is 0.493 e. The zero-order valence-corrected chi connectivity index (χ0v) is 10.2. The van der Waals surface area contributed by atoms with Crippen LogP contribution in [0.3, 0.4) is 0 Å². The van der Waals surface area contributed by atoms with Gasteiger partial charge in [0.1, 0.15) is 5.75 Å². The molecule has 0 aliphatic rings. The maximum atomic E-state index is 11.2. The zero-order valence-electron chi connectivity index (χ0n) is 9.39. The summed E-state index contributed by atoms with van der Waals surface area (Å²) in [6.45, 7) is 0.765. The summed E-state index contributed by atoms with van der Waals surface area (Å²) in [6, 6.07) is 6.75. The van der Waals surface area contributed by atoms with Crippen LogP contribution in [-0.2, 0) is 0 Å². The van der Waals surface area contributed by atoms with E-state index in [1.54, 1.807) is 36.0 Å². The number of nitrogen functional groups attached to an aromatic ring is 1. The van der Waals surface area contributed by atoms with Crippen molar-refractivity contribution < 1.29 is 14.6 Å². The molecule has 0 radical (unpaired) electrons. The lowest BCUT2D eigenvalue weighted by molar-refractivity contribution is 0.0953. The fourth-order valence-electron chi connectivity index (χ4n) is 1.17. The van der Waals surface area contributed by atoms with Crippen LogP contribution in [0.5, 0.6) is 5.75 Å². The lowest BCUT2D eigenvalue weighted by Gasteiger charge is -2.06. The van der Waals surface area contributed by atoms with Gasteiger partial charge in [0, 0.05) is 17.1 Å². The van der Waals surface area contributed by atoms with Crippen molar-refractivity contribution in [2.75, 3.05) is 24.7 Å². The molecule has 0 aromatic heterocycles. The third-order valence-electron chi connectivity index (χ3n) is 1.98. The average Bonchev–Trinajstić information content (AvgIpc) is 2.38. The first-order valence-corrected chi connectivity index (χ1v) is 6.36. The Morgan fingerprint density at radius 1 is 1.35 bits per heavy atom. The Kier molecular flexibility index (Phi) is 6.46. The van der Waals surface area contributed by atoms with Crippen LogP contribution in [0, 0.1) is 0 Å². The number of carbonyl (C=O) groups excluding carboxylic acids is 1. The molecule has 5 nitrogen and oxygen atoms in total. The molecule has 0 bridgehead atoms. The van der Waals surface area contributed by atoms with E-state index in [0.717, 1.165) is 11.5 Å². The Morgan fingerprint density at radius 2 is 2.06 bits per heavy atom. The van der Waals surface area contributed by atoms with Gasteiger partial charge in [0.05, 0.1) is 13.2 Å². The summed E-state index contributed by atoms with van der Waals surface area (Å²) >= 11 is 1.63. The maximum absolute atomic E-state index is 11.2. The Morgan fingerprint density at radius 3 is 2.65 bits per heavy atom. The summed E-state index contributed by atoms with van der Waals surface area (Å²) in [5.74, 6) is 6.95. The van der Waals surface area contributed by atoms with Gasteiger partial charge in [-0.3, -0.25) is 10.2 Å². The zero-order chi connectivity index (χ0) is 12.5. The predicted molar refractivity (Wildman–Crippen MR) is 68.0 cm³/mol. The Bertz CT molecular complexity index is 343. The monoisotopic (exact) mass is 256 g/mol. The van der Waals surface area contributed by atoms with Crippen molar-refractivity contribution in [3.05, 3.63) is 29.8 Å². The van der Waals surface area contributed by atoms with Gasteiger partial charge < -0.3 is 9.84 Å². The van der Waals surface area contributed by atoms with E-state index in [-0.39, 0.29) is 12.5 Å². The van der Waals surface area contributed by atoms with Gasteiger partial charge >= 0.3 is 0 Å². The van der Waals surface area contributed by atoms with Crippen molar-refractivity contribution in [3.63, 3.8) is 0 Å². The molecular weight excluding hydrogens is 240 g/mol. The second kappa shape index (κ2) is 7.94. The average molecular weight is 256 g/mol. The van der Waals surface area contributed by atoms with Gasteiger partial charge in [0.25, 0.3) is 5.91 Å². The number of nitrogens with one attached hydrogen (secondary N) is 1. The molecule has 0 saturated heterocycles. The second-order valence-electron chi connectivity index (χ2n) is 3.18. The maximum Gasteiger partial charge on any atom is 0.265 e. The molecule has 6 heteroatoms. The molecule has 0 saturated carbocycles. The number of thioether (sulfide) groups is 1. The molecule has 4 N–H and O–H groups in total. The summed E-state index contributed by atoms with van der Waals surface area (Å²) < 4.78 is 5.46. The Balaban J connectivity index is 2.33. The number of benzene rings is 1. The highest BCUT2D eigenvalue weighted by Gasteiger charge is 2.02. The molecule has 1 aromatic rings. The Hall–Kier alpha value is -1.24. The third-order valence-corrected chi connectivity index (χ3v) is 2.91. The predicted octanol–water partition coefficient (Wildman–Crippen LogP) is 0.394. The van der Waals surface area contributed by atoms with Gasteiger partial charge in [-0.25, -0.2) is 5.84 Å². The van der Waals surface area contributed by atoms with Crippen LogP contribution in [-0.4, -0.2) is 35.7 Å². The van der Waals surface area contributed by atoms with Gasteiger partial charge in [-0.15, -0.1) is 0 Å². The van der Waals surface area contributed by atoms with Gasteiger partial charge in [-0.05, 0) is 24.3 Å². The third kappa shape index (κ3) is 5.08. The highest BCUT2D eigenvalue weighted by molar-refractivity contribution is 7.99. The smallest absolute Gasteiger partial charge is 0.265 e. The minimum atomic E-state index is -0.324. The van der Waals surface area contributed by atoms with Crippen molar-refractivity contribution in [1.82, 2.24) is 5.43 Å². The SMILES string of the molecule is NNC(=O)c1ccc(OCCSCCO)cc1. The second-order valence-corrected chi connectivity index (χ2v) is 4.41. The van der Waals surface area contributed by atoms with E-state index >= 15 is 0 Å². The van der Waals surface area contributed by atoms with Crippen LogP contribution >= 0.6 is 11.8 Å². The fraction of sp³-hybridized carbons (Fsp3) is 0.364. The molecule has 0 fully saturated rings. The summed E-state index contributed by atoms with van der Waals surface area (Å²) in [4.78, 5) is 11.2. The minimum Gasteiger partial charge on any atom is -0.493 e. The van der Waals surface area contributed by atoms with Gasteiger partial charge in [0.15, 0.2) is 0 Å². The first kappa shape index (κ1) is 13.8. The molecule has 1 rings (SSSR count). The number of hydrogen-bond donors (Lipinski definition) is 3. The highest BCUT2D eigenvalue weighted by atomic mass is 32.2. The van der Waals surface area contributed by atoms with Gasteiger partial charge in [-0.2, -0.15) is 11.8 Å². The van der Waals surface area contributed by atoms with Gasteiger partial charge in [0.2, 0.25) is 0 Å². The molecule has 0 aliphatic carbocycles. The number of ether oxygens (including phenoxy) is 1. The lowest BCUT2D eigenvalue weighted by atomic mass is 10.2. The van der Waals surface area contributed by atoms with Crippen molar-refractivity contribution in [3.8, 4) is 5.75 Å². The van der Waals surface area contributed by atoms with E-state index in [9.17, 15) is 4.79 Å². The number of amides is 1. The lowest BCUT2D eigenvalue weighted by Crippen LogP contribution is -2.29. The highest BCUT2D eigenvalue weighted by Crippen LogP contribution is 2.12. The number of hydrogen-bond acceptors (Lipinski definition) is 5. The van der Waals surface area contributed by atoms with Crippen LogP contribution in [0.4, 0.5) is 0 Å². The number of aliphatic hydroxyl groups excluding tert-OH is 1. The summed E-state index contributed by atoms with van der Waals surface area (Å²) in [6.07, 6.45) is 0. The van der Waals surface area contributed by atoms with E-state index < -0.39 is 0 Å². The van der Waals surface area contributed by atoms with Crippen LogP contribution in [0.2, 0.25) is 0 Å². The minimum absolute atomic E-state index is 0.188. The Labute approximate surface area is 104 Å². The quantitative estimate of drug-likeness (QED) is 0.284. The molecule has 0 unspecified atom stereocenters. The van der Waals surface area contributed by atoms with E-state index in [4.69, 9.17) is 15.7 Å². The van der Waals surface area contributed by atoms with E-state index in [1.165, 1.54) is 0 Å². The van der Waals surface area contributed by atoms with Gasteiger partial charge in [-0.1, -0.05) is 0 Å². The first-order valence-electron chi connectivity index (χ1n) is 5.20. The number of carbonyl (C=O) groups is 1. The summed E-state index contributed by atoms with van der Waals surface area (Å²) in [7, 11) is 0. The molecule has 0 heterocycles. The van der Waals surface area contributed by atoms with Crippen LogP contribution in [0.25, 0.3) is 0 Å². The molecule has 94 valence electrons. The molecule has 1 amide bonds. The molecule has 0 spiro atoms. The van der Waals surface area contributed by atoms with Crippen molar-refractivity contribution >= 4 is 17.7 Å². The van der Waals surface area contributed by atoms with Crippen LogP contribution in [0.15, 0.2) is 24.3 Å². The fourth-order valence-corrected chi connectivity index (χ4v) is 1.71. The van der Waals surface area contributed by atoms with Crippen molar-refractivity contribution in [1.29, 1.82) is 0 Å². The molecule has 1 aromatic carbocycles. The van der Waals surface area contributed by atoms with Crippen LogP contribution < -0.4 is 16.0 Å². The van der Waals surface area contributed by atoms with Crippen molar-refractivity contribution in [2.24, 2.45) is 5.84 Å². The molecule has 0 atom stereocenters. The van der Waals surface area contributed by atoms with E-state index in [0.29, 0.717) is 17.9 Å². The normalized spacial score (nSPS) is 10.0. The standard InChI is InChI=1S/C11H16N2O3S/c12-13-11(15)9-1-3-10(4-2-9)16-6-8-17-7-5-14/h1-4,14H,5-8,12H2,(H,13,15). The number of nitrogens with two attached hydrogens (primary N) is 1. The summed E-state index contributed by atoms with van der Waals surface area (Å²) in [5, 5.41) is 8.58. The summed E-state index contributed by atoms with van der Waals surface area (Å²) in [5.41, 5.74) is 2.56. The molecule has 0 aliphatic heterocycles. The molecule has 17 heavy (non-hydrogen) atoms. The van der Waals surface area contributed by atoms with Crippen LogP contribution in [0.1, 0.15) is 10.4 Å². The number of rotatable bonds is 7. The number of hydrazine groups is 1. The number of aliphatic hydroxyl groups is 1. The van der Waals surface area contributed by atoms with E-state index in [1.807, 2.05) is 0 Å². The molecular formula is C11H16N2O3S. The van der Waals surface area contributed by atoms with E-state index in [2.05, 4.69) is 5.43 Å². The topological polar surface area (TPSA) is 84.6 Å². The first-order chi connectivity index (χ1) is 8.27.